The lowest BCUT2D eigenvalue weighted by Crippen LogP contribution is -2.53. The van der Waals surface area contributed by atoms with Crippen molar-refractivity contribution in [2.45, 2.75) is 30.4 Å². The van der Waals surface area contributed by atoms with Gasteiger partial charge in [-0.3, -0.25) is 29.5 Å². The van der Waals surface area contributed by atoms with E-state index in [1.165, 1.54) is 20.2 Å². The van der Waals surface area contributed by atoms with Crippen LogP contribution < -0.4 is 10.2 Å². The Morgan fingerprint density at radius 2 is 1.73 bits per heavy atom. The van der Waals surface area contributed by atoms with Crippen LogP contribution in [0.3, 0.4) is 0 Å². The van der Waals surface area contributed by atoms with E-state index in [2.05, 4.69) is 10.4 Å². The number of ether oxygens (including phenoxy) is 1. The Morgan fingerprint density at radius 3 is 2.39 bits per heavy atom. The van der Waals surface area contributed by atoms with E-state index in [0.29, 0.717) is 33.4 Å². The van der Waals surface area contributed by atoms with E-state index in [4.69, 9.17) is 27.9 Å². The van der Waals surface area contributed by atoms with Gasteiger partial charge in [0, 0.05) is 29.7 Å². The van der Waals surface area contributed by atoms with Crippen LogP contribution in [0, 0.1) is 23.7 Å². The average Bonchev–Trinajstić information content (AvgIpc) is 3.42. The maximum absolute atomic E-state index is 15.1. The number of methoxy groups -OCH3 is 1. The molecule has 2 N–H and O–H groups in total. The van der Waals surface area contributed by atoms with Crippen molar-refractivity contribution >= 4 is 52.6 Å². The summed E-state index contributed by atoms with van der Waals surface area (Å²) in [7, 11) is 2.77. The molecule has 49 heavy (non-hydrogen) atoms. The fraction of sp³-hybridized carbons (Fsp3) is 0.324. The van der Waals surface area contributed by atoms with Gasteiger partial charge in [-0.1, -0.05) is 59.1 Å². The standard InChI is InChI=1S/C34H27Cl2F3N4O6/c1-42-29(45)19-11-10-18-21(25(19)31(42)47)13-22-30(46)43(41-28-23(36)12-16(14-40-28)34(37,38)39)32(48)33(22,15-6-8-17(35)9-7-15)26(18)20-4-3-5-24(49-2)27(20)44/h3-10,12,14,19,21-22,25-26,44H,11,13H2,1-2H3,(H,40,41)/t19-,21+,22-,25-,26+,33+/m0/s1. The van der Waals surface area contributed by atoms with Crippen LogP contribution in [0.5, 0.6) is 11.5 Å². The molecule has 4 amide bonds. The number of allylic oxidation sites excluding steroid dienone is 2. The first-order valence-corrected chi connectivity index (χ1v) is 16.0. The number of aromatic hydroxyl groups is 1. The molecule has 2 saturated heterocycles. The number of nitrogens with one attached hydrogen (secondary N) is 1. The van der Waals surface area contributed by atoms with E-state index in [0.717, 1.165) is 4.90 Å². The van der Waals surface area contributed by atoms with Crippen LogP contribution in [-0.2, 0) is 30.8 Å². The molecule has 4 aliphatic rings. The molecule has 3 heterocycles. The van der Waals surface area contributed by atoms with E-state index >= 15 is 4.79 Å². The van der Waals surface area contributed by atoms with Gasteiger partial charge in [-0.05, 0) is 48.6 Å². The molecule has 1 aromatic heterocycles. The second-order valence-corrected chi connectivity index (χ2v) is 13.4. The molecule has 2 aromatic carbocycles. The van der Waals surface area contributed by atoms with E-state index < -0.39 is 69.5 Å². The second kappa shape index (κ2) is 11.5. The number of fused-ring (bicyclic) bond motifs is 4. The molecule has 7 rings (SSSR count). The number of para-hydroxylation sites is 1. The monoisotopic (exact) mass is 714 g/mol. The first-order chi connectivity index (χ1) is 23.2. The highest BCUT2D eigenvalue weighted by Gasteiger charge is 2.70. The smallest absolute Gasteiger partial charge is 0.417 e. The number of carbonyl (C=O) groups is 4. The Balaban J connectivity index is 1.46. The number of alkyl halides is 3. The number of carbonyl (C=O) groups excluding carboxylic acids is 4. The van der Waals surface area contributed by atoms with Crippen molar-refractivity contribution in [3.63, 3.8) is 0 Å². The van der Waals surface area contributed by atoms with Gasteiger partial charge in [0.15, 0.2) is 17.3 Å². The van der Waals surface area contributed by atoms with Crippen molar-refractivity contribution < 1.29 is 42.2 Å². The molecule has 3 fully saturated rings. The second-order valence-electron chi connectivity index (χ2n) is 12.6. The van der Waals surface area contributed by atoms with Crippen LogP contribution in [0.15, 0.2) is 66.4 Å². The summed E-state index contributed by atoms with van der Waals surface area (Å²) in [4.78, 5) is 61.3. The van der Waals surface area contributed by atoms with Crippen molar-refractivity contribution in [1.82, 2.24) is 14.9 Å². The number of imide groups is 2. The molecular weight excluding hydrogens is 688 g/mol. The molecule has 6 atom stereocenters. The van der Waals surface area contributed by atoms with Crippen molar-refractivity contribution in [2.24, 2.45) is 23.7 Å². The Morgan fingerprint density at radius 1 is 1.02 bits per heavy atom. The third-order valence-electron chi connectivity index (χ3n) is 10.3. The number of rotatable bonds is 5. The van der Waals surface area contributed by atoms with Crippen LogP contribution in [0.2, 0.25) is 10.0 Å². The minimum atomic E-state index is -4.75. The number of nitrogens with zero attached hydrogens (tertiary/aromatic N) is 3. The molecule has 2 aliphatic carbocycles. The summed E-state index contributed by atoms with van der Waals surface area (Å²) >= 11 is 12.5. The number of halogens is 5. The number of amides is 4. The Bertz CT molecular complexity index is 1970. The lowest BCUT2D eigenvalue weighted by Gasteiger charge is -2.50. The first kappa shape index (κ1) is 32.9. The largest absolute Gasteiger partial charge is 0.504 e. The van der Waals surface area contributed by atoms with Gasteiger partial charge in [-0.2, -0.15) is 18.2 Å². The summed E-state index contributed by atoms with van der Waals surface area (Å²) in [5.41, 5.74) is 0.823. The minimum Gasteiger partial charge on any atom is -0.504 e. The molecule has 0 bridgehead atoms. The molecule has 1 saturated carbocycles. The highest BCUT2D eigenvalue weighted by molar-refractivity contribution is 6.33. The lowest BCUT2D eigenvalue weighted by molar-refractivity contribution is -0.140. The number of benzene rings is 2. The number of aromatic nitrogens is 1. The Kier molecular flexibility index (Phi) is 7.71. The molecule has 0 unspecified atom stereocenters. The highest BCUT2D eigenvalue weighted by atomic mass is 35.5. The topological polar surface area (TPSA) is 129 Å². The van der Waals surface area contributed by atoms with Crippen LogP contribution in [0.25, 0.3) is 0 Å². The van der Waals surface area contributed by atoms with Gasteiger partial charge in [0.05, 0.1) is 40.9 Å². The summed E-state index contributed by atoms with van der Waals surface area (Å²) < 4.78 is 45.5. The van der Waals surface area contributed by atoms with Gasteiger partial charge in [0.25, 0.3) is 11.8 Å². The van der Waals surface area contributed by atoms with Gasteiger partial charge >= 0.3 is 6.18 Å². The highest BCUT2D eigenvalue weighted by Crippen LogP contribution is 2.65. The van der Waals surface area contributed by atoms with E-state index in [-0.39, 0.29) is 41.6 Å². The van der Waals surface area contributed by atoms with Crippen LogP contribution in [0.4, 0.5) is 19.0 Å². The van der Waals surface area contributed by atoms with Crippen LogP contribution in [-0.4, -0.2) is 57.8 Å². The third kappa shape index (κ3) is 4.73. The van der Waals surface area contributed by atoms with Gasteiger partial charge in [-0.15, -0.1) is 0 Å². The number of hydrogen-bond donors (Lipinski definition) is 2. The predicted octanol–water partition coefficient (Wildman–Crippen LogP) is 5.74. The third-order valence-corrected chi connectivity index (χ3v) is 10.9. The zero-order valence-corrected chi connectivity index (χ0v) is 27.3. The summed E-state index contributed by atoms with van der Waals surface area (Å²) in [5, 5.41) is 12.2. The van der Waals surface area contributed by atoms with E-state index in [1.807, 2.05) is 6.08 Å². The molecule has 2 aliphatic heterocycles. The average molecular weight is 716 g/mol. The van der Waals surface area contributed by atoms with Crippen molar-refractivity contribution in [1.29, 1.82) is 0 Å². The molecule has 254 valence electrons. The van der Waals surface area contributed by atoms with Crippen LogP contribution >= 0.6 is 23.2 Å². The number of hydrogen-bond acceptors (Lipinski definition) is 8. The summed E-state index contributed by atoms with van der Waals surface area (Å²) in [6, 6.07) is 11.7. The van der Waals surface area contributed by atoms with Gasteiger partial charge in [0.1, 0.15) is 0 Å². The van der Waals surface area contributed by atoms with Gasteiger partial charge in [-0.25, -0.2) is 4.98 Å². The minimum absolute atomic E-state index is 0.0410. The van der Waals surface area contributed by atoms with E-state index in [1.54, 1.807) is 36.4 Å². The number of anilines is 1. The zero-order chi connectivity index (χ0) is 35.2. The predicted molar refractivity (Wildman–Crippen MR) is 169 cm³/mol. The SMILES string of the molecule is COc1cccc([C@H]2C3=CC[C@@H]4C(=O)N(C)C(=O)[C@@H]4[C@@H]3C[C@H]3C(=O)N(Nc4ncc(C(F)(F)F)cc4Cl)C(=O)[C@@]23c2ccc(Cl)cc2)c1O. The molecule has 3 aromatic rings. The lowest BCUT2D eigenvalue weighted by atomic mass is 9.49. The van der Waals surface area contributed by atoms with Gasteiger partial charge in [0.2, 0.25) is 11.8 Å². The first-order valence-electron chi connectivity index (χ1n) is 15.2. The fourth-order valence-electron chi connectivity index (χ4n) is 8.22. The summed E-state index contributed by atoms with van der Waals surface area (Å²) in [6.07, 6.45) is -2.26. The van der Waals surface area contributed by atoms with Crippen molar-refractivity contribution in [2.75, 3.05) is 19.6 Å². The fourth-order valence-corrected chi connectivity index (χ4v) is 8.56. The van der Waals surface area contributed by atoms with Gasteiger partial charge < -0.3 is 9.84 Å². The number of phenols is 1. The number of pyridine rings is 1. The van der Waals surface area contributed by atoms with Crippen LogP contribution in [0.1, 0.15) is 35.4 Å². The normalized spacial score (nSPS) is 27.9. The Labute approximate surface area is 287 Å². The number of phenolic OH excluding ortho intramolecular Hbond substituents is 1. The maximum Gasteiger partial charge on any atom is 0.417 e. The van der Waals surface area contributed by atoms with E-state index in [9.17, 15) is 32.7 Å². The number of hydrazine groups is 1. The number of likely N-dealkylation sites (tertiary alicyclic amines) is 1. The maximum atomic E-state index is 15.1. The zero-order valence-electron chi connectivity index (χ0n) is 25.8. The molecule has 0 radical (unpaired) electrons. The van der Waals surface area contributed by atoms with Crippen molar-refractivity contribution in [3.8, 4) is 11.5 Å². The summed E-state index contributed by atoms with van der Waals surface area (Å²) in [5.74, 6) is -7.38. The molecular formula is C34H27Cl2F3N4O6. The summed E-state index contributed by atoms with van der Waals surface area (Å²) in [6.45, 7) is 0. The molecule has 15 heteroatoms. The quantitative estimate of drug-likeness (QED) is 0.253. The van der Waals surface area contributed by atoms with Crippen molar-refractivity contribution in [3.05, 3.63) is 93.1 Å². The molecule has 10 nitrogen and oxygen atoms in total. The Hall–Kier alpha value is -4.62. The molecule has 0 spiro atoms.